The summed E-state index contributed by atoms with van der Waals surface area (Å²) in [7, 11) is 1.58. The van der Waals surface area contributed by atoms with Gasteiger partial charge in [-0.15, -0.1) is 0 Å². The highest BCUT2D eigenvalue weighted by Gasteiger charge is 2.31. The minimum Gasteiger partial charge on any atom is -0.398 e. The lowest BCUT2D eigenvalue weighted by Crippen LogP contribution is -2.41. The molecular weight excluding hydrogens is 298 g/mol. The van der Waals surface area contributed by atoms with Gasteiger partial charge >= 0.3 is 0 Å². The molecule has 1 saturated carbocycles. The van der Waals surface area contributed by atoms with Crippen LogP contribution in [-0.2, 0) is 4.74 Å². The molecule has 2 N–H and O–H groups in total. The fourth-order valence-corrected chi connectivity index (χ4v) is 3.10. The molecule has 1 fully saturated rings. The number of nitrogen functional groups attached to an aromatic ring is 1. The Kier molecular flexibility index (Phi) is 5.54. The van der Waals surface area contributed by atoms with Crippen LogP contribution in [0.1, 0.15) is 36.5 Å². The molecule has 1 amide bonds. The summed E-state index contributed by atoms with van der Waals surface area (Å²) in [5.41, 5.74) is 6.20. The van der Waals surface area contributed by atoms with Gasteiger partial charge in [0.25, 0.3) is 11.6 Å². The second-order valence-corrected chi connectivity index (χ2v) is 6.09. The molecule has 2 rings (SSSR count). The summed E-state index contributed by atoms with van der Waals surface area (Å²) in [6.45, 7) is 3.04. The predicted molar refractivity (Wildman–Crippen MR) is 87.2 cm³/mol. The number of rotatable bonds is 6. The van der Waals surface area contributed by atoms with Gasteiger partial charge in [0.1, 0.15) is 0 Å². The number of methoxy groups -OCH3 is 1. The molecule has 7 heteroatoms. The highest BCUT2D eigenvalue weighted by atomic mass is 16.6. The molecule has 2 unspecified atom stereocenters. The van der Waals surface area contributed by atoms with E-state index >= 15 is 0 Å². The monoisotopic (exact) mass is 321 g/mol. The topological polar surface area (TPSA) is 98.7 Å². The highest BCUT2D eigenvalue weighted by Crippen LogP contribution is 2.31. The maximum absolute atomic E-state index is 12.9. The molecule has 1 aliphatic rings. The molecule has 23 heavy (non-hydrogen) atoms. The van der Waals surface area contributed by atoms with Crippen molar-refractivity contribution >= 4 is 17.3 Å². The number of nitro groups is 1. The molecule has 1 aromatic carbocycles. The molecule has 0 spiro atoms. The number of non-ortho nitro benzene ring substituents is 1. The Morgan fingerprint density at radius 2 is 2.22 bits per heavy atom. The fraction of sp³-hybridized carbons (Fsp3) is 0.562. The Hall–Kier alpha value is -2.15. The largest absolute Gasteiger partial charge is 0.398 e. The van der Waals surface area contributed by atoms with Gasteiger partial charge in [-0.25, -0.2) is 0 Å². The van der Waals surface area contributed by atoms with E-state index in [4.69, 9.17) is 10.5 Å². The molecular formula is C16H23N3O4. The fourth-order valence-electron chi connectivity index (χ4n) is 3.10. The van der Waals surface area contributed by atoms with Gasteiger partial charge < -0.3 is 15.4 Å². The first kappa shape index (κ1) is 17.2. The predicted octanol–water partition coefficient (Wildman–Crippen LogP) is 2.45. The summed E-state index contributed by atoms with van der Waals surface area (Å²) in [4.78, 5) is 25.1. The van der Waals surface area contributed by atoms with Crippen molar-refractivity contribution in [2.24, 2.45) is 5.92 Å². The lowest BCUT2D eigenvalue weighted by molar-refractivity contribution is -0.384. The van der Waals surface area contributed by atoms with Crippen molar-refractivity contribution in [3.63, 3.8) is 0 Å². The summed E-state index contributed by atoms with van der Waals surface area (Å²) in [5.74, 6) is 0.308. The normalized spacial score (nSPS) is 20.4. The van der Waals surface area contributed by atoms with E-state index in [0.717, 1.165) is 19.3 Å². The van der Waals surface area contributed by atoms with E-state index in [0.29, 0.717) is 19.1 Å². The number of nitrogens with zero attached hydrogens (tertiary/aromatic N) is 2. The number of hydrogen-bond acceptors (Lipinski definition) is 5. The van der Waals surface area contributed by atoms with E-state index < -0.39 is 4.92 Å². The summed E-state index contributed by atoms with van der Waals surface area (Å²) < 4.78 is 5.10. The standard InChI is InChI=1S/C16H23N3O4/c1-11-3-4-12(9-11)18(7-8-23-2)16(20)14-10-13(19(21)22)5-6-15(14)17/h5-6,10-12H,3-4,7-9,17H2,1-2H3. The smallest absolute Gasteiger partial charge is 0.270 e. The number of benzene rings is 1. The molecule has 0 bridgehead atoms. The van der Waals surface area contributed by atoms with Gasteiger partial charge in [-0.05, 0) is 31.2 Å². The molecule has 0 aliphatic heterocycles. The molecule has 0 saturated heterocycles. The van der Waals surface area contributed by atoms with Crippen LogP contribution < -0.4 is 5.73 Å². The number of amides is 1. The number of ether oxygens (including phenoxy) is 1. The third-order valence-electron chi connectivity index (χ3n) is 4.38. The van der Waals surface area contributed by atoms with E-state index in [-0.39, 0.29) is 28.9 Å². The Labute approximate surface area is 135 Å². The van der Waals surface area contributed by atoms with Gasteiger partial charge in [0.15, 0.2) is 0 Å². The number of anilines is 1. The zero-order valence-electron chi connectivity index (χ0n) is 13.5. The van der Waals surface area contributed by atoms with Gasteiger partial charge in [0, 0.05) is 37.5 Å². The zero-order chi connectivity index (χ0) is 17.0. The van der Waals surface area contributed by atoms with Crippen molar-refractivity contribution in [1.82, 2.24) is 4.90 Å². The van der Waals surface area contributed by atoms with Gasteiger partial charge in [0.2, 0.25) is 0 Å². The summed E-state index contributed by atoms with van der Waals surface area (Å²) in [5, 5.41) is 10.9. The van der Waals surface area contributed by atoms with E-state index in [1.54, 1.807) is 12.0 Å². The average Bonchev–Trinajstić information content (AvgIpc) is 2.94. The van der Waals surface area contributed by atoms with Gasteiger partial charge in [-0.3, -0.25) is 14.9 Å². The Bertz CT molecular complexity index is 591. The van der Waals surface area contributed by atoms with Crippen LogP contribution in [0.5, 0.6) is 0 Å². The van der Waals surface area contributed by atoms with E-state index in [2.05, 4.69) is 6.92 Å². The molecule has 2 atom stereocenters. The van der Waals surface area contributed by atoms with Crippen molar-refractivity contribution in [2.45, 2.75) is 32.2 Å². The molecule has 0 heterocycles. The maximum Gasteiger partial charge on any atom is 0.270 e. The molecule has 0 radical (unpaired) electrons. The van der Waals surface area contributed by atoms with Crippen molar-refractivity contribution in [3.8, 4) is 0 Å². The van der Waals surface area contributed by atoms with Crippen LogP contribution in [-0.4, -0.2) is 42.0 Å². The van der Waals surface area contributed by atoms with Crippen LogP contribution in [0.25, 0.3) is 0 Å². The van der Waals surface area contributed by atoms with Crippen LogP contribution in [0, 0.1) is 16.0 Å². The van der Waals surface area contributed by atoms with Crippen LogP contribution in [0.2, 0.25) is 0 Å². The van der Waals surface area contributed by atoms with Crippen molar-refractivity contribution < 1.29 is 14.5 Å². The van der Waals surface area contributed by atoms with Crippen LogP contribution in [0.3, 0.4) is 0 Å². The first-order valence-corrected chi connectivity index (χ1v) is 7.77. The molecule has 1 aromatic rings. The van der Waals surface area contributed by atoms with Gasteiger partial charge in [-0.1, -0.05) is 6.92 Å². The van der Waals surface area contributed by atoms with Gasteiger partial charge in [0.05, 0.1) is 17.1 Å². The summed E-state index contributed by atoms with van der Waals surface area (Å²) >= 11 is 0. The number of carbonyl (C=O) groups is 1. The Morgan fingerprint density at radius 3 is 2.78 bits per heavy atom. The van der Waals surface area contributed by atoms with Crippen molar-refractivity contribution in [1.29, 1.82) is 0 Å². The van der Waals surface area contributed by atoms with Gasteiger partial charge in [-0.2, -0.15) is 0 Å². The van der Waals surface area contributed by atoms with Crippen molar-refractivity contribution in [3.05, 3.63) is 33.9 Å². The molecule has 126 valence electrons. The van der Waals surface area contributed by atoms with E-state index in [1.807, 2.05) is 0 Å². The first-order chi connectivity index (χ1) is 10.9. The highest BCUT2D eigenvalue weighted by molar-refractivity contribution is 6.00. The van der Waals surface area contributed by atoms with Crippen LogP contribution >= 0.6 is 0 Å². The number of carbonyl (C=O) groups excluding carboxylic acids is 1. The SMILES string of the molecule is COCCN(C(=O)c1cc([N+](=O)[O-])ccc1N)C1CCC(C)C1. The Balaban J connectivity index is 2.29. The van der Waals surface area contributed by atoms with Crippen molar-refractivity contribution in [2.75, 3.05) is 26.0 Å². The van der Waals surface area contributed by atoms with E-state index in [1.165, 1.54) is 18.2 Å². The molecule has 7 nitrogen and oxygen atoms in total. The minimum absolute atomic E-state index is 0.131. The van der Waals surface area contributed by atoms with Crippen LogP contribution in [0.15, 0.2) is 18.2 Å². The number of nitrogens with two attached hydrogens (primary N) is 1. The maximum atomic E-state index is 12.9. The molecule has 1 aliphatic carbocycles. The summed E-state index contributed by atoms with van der Waals surface area (Å²) in [6, 6.07) is 4.11. The quantitative estimate of drug-likeness (QED) is 0.493. The average molecular weight is 321 g/mol. The Morgan fingerprint density at radius 1 is 1.48 bits per heavy atom. The molecule has 0 aromatic heterocycles. The first-order valence-electron chi connectivity index (χ1n) is 7.77. The number of nitro benzene ring substituents is 1. The summed E-state index contributed by atoms with van der Waals surface area (Å²) in [6.07, 6.45) is 2.95. The third-order valence-corrected chi connectivity index (χ3v) is 4.38. The zero-order valence-corrected chi connectivity index (χ0v) is 13.5. The third kappa shape index (κ3) is 3.98. The van der Waals surface area contributed by atoms with Crippen LogP contribution in [0.4, 0.5) is 11.4 Å². The lowest BCUT2D eigenvalue weighted by atomic mass is 10.1. The van der Waals surface area contributed by atoms with E-state index in [9.17, 15) is 14.9 Å². The second-order valence-electron chi connectivity index (χ2n) is 6.09. The second kappa shape index (κ2) is 7.41. The lowest BCUT2D eigenvalue weighted by Gasteiger charge is -2.29. The minimum atomic E-state index is -0.520. The number of hydrogen-bond donors (Lipinski definition) is 1.